The number of halogens is 1. The zero-order chi connectivity index (χ0) is 22.0. The molecule has 2 aliphatic heterocycles. The van der Waals surface area contributed by atoms with Gasteiger partial charge in [-0.05, 0) is 48.2 Å². The third-order valence-electron chi connectivity index (χ3n) is 5.53. The number of aliphatic imine (C=N–C) groups is 2. The minimum atomic E-state index is -0.459. The van der Waals surface area contributed by atoms with E-state index in [9.17, 15) is 0 Å². The van der Waals surface area contributed by atoms with Gasteiger partial charge in [-0.15, -0.1) is 0 Å². The first-order valence-electron chi connectivity index (χ1n) is 10.6. The standard InChI is InChI=1S/C23H29ClN6O/c1-15(2)17-5-8-19(9-6-17)30-22(26-18-7-4-16(3)20(24)14-18)27-21(25)28-23(30)29-10-12-31-13-11-29/h4-9,14-15,22,26H,10-13H2,1-3H3,(H2,25,27). The van der Waals surface area contributed by atoms with Crippen molar-refractivity contribution in [2.75, 3.05) is 36.5 Å². The van der Waals surface area contributed by atoms with Crippen LogP contribution in [-0.2, 0) is 4.74 Å². The molecule has 2 aromatic carbocycles. The molecule has 31 heavy (non-hydrogen) atoms. The Bertz CT molecular complexity index is 982. The number of rotatable bonds is 4. The summed E-state index contributed by atoms with van der Waals surface area (Å²) in [5.74, 6) is 1.47. The lowest BCUT2D eigenvalue weighted by molar-refractivity contribution is 0.0671. The normalized spacial score (nSPS) is 19.3. The molecule has 8 heteroatoms. The molecule has 0 spiro atoms. The zero-order valence-corrected chi connectivity index (χ0v) is 18.9. The van der Waals surface area contributed by atoms with Crippen molar-refractivity contribution in [1.29, 1.82) is 0 Å². The Hall–Kier alpha value is -2.77. The average molecular weight is 441 g/mol. The van der Waals surface area contributed by atoms with Gasteiger partial charge in [0.1, 0.15) is 0 Å². The smallest absolute Gasteiger partial charge is 0.222 e. The van der Waals surface area contributed by atoms with Crippen LogP contribution in [0.15, 0.2) is 52.4 Å². The van der Waals surface area contributed by atoms with E-state index in [-0.39, 0.29) is 5.96 Å². The number of aryl methyl sites for hydroxylation is 1. The molecular weight excluding hydrogens is 412 g/mol. The van der Waals surface area contributed by atoms with Gasteiger partial charge in [-0.25, -0.2) is 4.99 Å². The summed E-state index contributed by atoms with van der Waals surface area (Å²) in [6, 6.07) is 14.4. The van der Waals surface area contributed by atoms with E-state index in [0.717, 1.165) is 36.0 Å². The van der Waals surface area contributed by atoms with E-state index in [1.54, 1.807) is 0 Å². The van der Waals surface area contributed by atoms with Crippen LogP contribution in [0.25, 0.3) is 0 Å². The fourth-order valence-corrected chi connectivity index (χ4v) is 3.85. The quantitative estimate of drug-likeness (QED) is 0.751. The predicted octanol–water partition coefficient (Wildman–Crippen LogP) is 3.99. The van der Waals surface area contributed by atoms with Gasteiger partial charge in [-0.2, -0.15) is 4.99 Å². The fraction of sp³-hybridized carbons (Fsp3) is 0.391. The summed E-state index contributed by atoms with van der Waals surface area (Å²) in [4.78, 5) is 13.5. The third-order valence-corrected chi connectivity index (χ3v) is 5.94. The van der Waals surface area contributed by atoms with E-state index < -0.39 is 6.29 Å². The topological polar surface area (TPSA) is 78.5 Å². The third kappa shape index (κ3) is 4.78. The number of guanidine groups is 2. The number of nitrogens with two attached hydrogens (primary N) is 1. The molecule has 2 aromatic rings. The summed E-state index contributed by atoms with van der Waals surface area (Å²) >= 11 is 6.35. The molecule has 4 rings (SSSR count). The minimum absolute atomic E-state index is 0.243. The molecule has 1 saturated heterocycles. The van der Waals surface area contributed by atoms with Crippen molar-refractivity contribution >= 4 is 34.9 Å². The molecular formula is C23H29ClN6O. The van der Waals surface area contributed by atoms with E-state index in [1.807, 2.05) is 25.1 Å². The monoisotopic (exact) mass is 440 g/mol. The molecule has 1 fully saturated rings. The molecule has 0 bridgehead atoms. The van der Waals surface area contributed by atoms with Crippen molar-refractivity contribution < 1.29 is 4.74 Å². The van der Waals surface area contributed by atoms with E-state index in [1.165, 1.54) is 5.56 Å². The van der Waals surface area contributed by atoms with E-state index in [2.05, 4.69) is 63.2 Å². The second kappa shape index (κ2) is 9.16. The van der Waals surface area contributed by atoms with E-state index in [4.69, 9.17) is 22.1 Å². The number of hydrogen-bond acceptors (Lipinski definition) is 7. The van der Waals surface area contributed by atoms with Crippen molar-refractivity contribution in [1.82, 2.24) is 4.90 Å². The maximum Gasteiger partial charge on any atom is 0.222 e. The maximum atomic E-state index is 6.35. The Morgan fingerprint density at radius 3 is 2.48 bits per heavy atom. The Morgan fingerprint density at radius 1 is 1.13 bits per heavy atom. The highest BCUT2D eigenvalue weighted by Crippen LogP contribution is 2.28. The number of nitrogens with zero attached hydrogens (tertiary/aromatic N) is 4. The van der Waals surface area contributed by atoms with Crippen LogP contribution in [0.4, 0.5) is 11.4 Å². The van der Waals surface area contributed by atoms with E-state index in [0.29, 0.717) is 24.2 Å². The molecule has 2 aliphatic rings. The number of morpholine rings is 1. The zero-order valence-electron chi connectivity index (χ0n) is 18.2. The van der Waals surface area contributed by atoms with Crippen molar-refractivity contribution in [3.8, 4) is 0 Å². The van der Waals surface area contributed by atoms with E-state index >= 15 is 0 Å². The van der Waals surface area contributed by atoms with Crippen LogP contribution >= 0.6 is 11.6 Å². The molecule has 0 aromatic heterocycles. The number of benzene rings is 2. The SMILES string of the molecule is Cc1ccc(NC2N=C(N)N=C(N3CCOCC3)N2c2ccc(C(C)C)cc2)cc1Cl. The Balaban J connectivity index is 1.71. The first-order valence-corrected chi connectivity index (χ1v) is 11.0. The lowest BCUT2D eigenvalue weighted by Gasteiger charge is -2.41. The van der Waals surface area contributed by atoms with Crippen molar-refractivity contribution in [2.45, 2.75) is 33.0 Å². The van der Waals surface area contributed by atoms with Crippen molar-refractivity contribution in [2.24, 2.45) is 15.7 Å². The summed E-state index contributed by atoms with van der Waals surface area (Å²) in [5.41, 5.74) is 10.3. The molecule has 7 nitrogen and oxygen atoms in total. The highest BCUT2D eigenvalue weighted by atomic mass is 35.5. The largest absolute Gasteiger partial charge is 0.378 e. The first-order chi connectivity index (χ1) is 14.9. The summed E-state index contributed by atoms with van der Waals surface area (Å²) in [6.07, 6.45) is -0.459. The van der Waals surface area contributed by atoms with Crippen LogP contribution in [0, 0.1) is 6.92 Å². The fourth-order valence-electron chi connectivity index (χ4n) is 3.67. The van der Waals surface area contributed by atoms with Gasteiger partial charge in [-0.1, -0.05) is 43.6 Å². The Morgan fingerprint density at radius 2 is 1.84 bits per heavy atom. The van der Waals surface area contributed by atoms with Gasteiger partial charge >= 0.3 is 0 Å². The highest BCUT2D eigenvalue weighted by molar-refractivity contribution is 6.31. The second-order valence-electron chi connectivity index (χ2n) is 8.10. The van der Waals surface area contributed by atoms with Gasteiger partial charge < -0.3 is 20.7 Å². The number of ether oxygens (including phenoxy) is 1. The molecule has 3 N–H and O–H groups in total. The molecule has 0 saturated carbocycles. The van der Waals surface area contributed by atoms with Crippen LogP contribution in [0.5, 0.6) is 0 Å². The van der Waals surface area contributed by atoms with Gasteiger partial charge in [0.25, 0.3) is 0 Å². The van der Waals surface area contributed by atoms with Gasteiger partial charge in [0, 0.05) is 29.5 Å². The second-order valence-corrected chi connectivity index (χ2v) is 8.50. The molecule has 164 valence electrons. The Kier molecular flexibility index (Phi) is 6.34. The van der Waals surface area contributed by atoms with Crippen LogP contribution in [-0.4, -0.2) is 49.4 Å². The van der Waals surface area contributed by atoms with Crippen LogP contribution < -0.4 is 16.0 Å². The molecule has 1 atom stereocenters. The average Bonchev–Trinajstić information content (AvgIpc) is 2.77. The van der Waals surface area contributed by atoms with Gasteiger partial charge in [0.2, 0.25) is 18.2 Å². The summed E-state index contributed by atoms with van der Waals surface area (Å²) < 4.78 is 5.54. The van der Waals surface area contributed by atoms with Crippen molar-refractivity contribution in [3.05, 3.63) is 58.6 Å². The Labute approximate surface area is 188 Å². The lowest BCUT2D eigenvalue weighted by Crippen LogP contribution is -2.57. The van der Waals surface area contributed by atoms with Crippen LogP contribution in [0.1, 0.15) is 30.9 Å². The summed E-state index contributed by atoms with van der Waals surface area (Å²) in [7, 11) is 0. The maximum absolute atomic E-state index is 6.35. The molecule has 0 amide bonds. The van der Waals surface area contributed by atoms with Crippen LogP contribution in [0.2, 0.25) is 5.02 Å². The molecule has 0 radical (unpaired) electrons. The molecule has 2 heterocycles. The van der Waals surface area contributed by atoms with Gasteiger partial charge in [0.05, 0.1) is 13.2 Å². The predicted molar refractivity (Wildman–Crippen MR) is 128 cm³/mol. The number of anilines is 2. The summed E-state index contributed by atoms with van der Waals surface area (Å²) in [6.45, 7) is 9.16. The minimum Gasteiger partial charge on any atom is -0.378 e. The van der Waals surface area contributed by atoms with Crippen LogP contribution in [0.3, 0.4) is 0 Å². The molecule has 0 aliphatic carbocycles. The van der Waals surface area contributed by atoms with Gasteiger partial charge in [0.15, 0.2) is 0 Å². The first kappa shape index (κ1) is 21.5. The highest BCUT2D eigenvalue weighted by Gasteiger charge is 2.32. The van der Waals surface area contributed by atoms with Gasteiger partial charge in [-0.3, -0.25) is 4.90 Å². The number of hydrogen-bond donors (Lipinski definition) is 2. The lowest BCUT2D eigenvalue weighted by atomic mass is 10.0. The van der Waals surface area contributed by atoms with Crippen molar-refractivity contribution in [3.63, 3.8) is 0 Å². The summed E-state index contributed by atoms with van der Waals surface area (Å²) in [5, 5.41) is 4.17. The number of nitrogens with one attached hydrogen (secondary N) is 1. The molecule has 1 unspecified atom stereocenters.